The summed E-state index contributed by atoms with van der Waals surface area (Å²) in [4.78, 5) is 27.7. The molecule has 1 saturated carbocycles. The van der Waals surface area contributed by atoms with Crippen LogP contribution in [0.4, 0.5) is 5.69 Å². The fraction of sp³-hybridized carbons (Fsp3) is 0.231. The summed E-state index contributed by atoms with van der Waals surface area (Å²) in [7, 11) is 0. The molecule has 0 unspecified atom stereocenters. The lowest BCUT2D eigenvalue weighted by molar-refractivity contribution is -0.122. The van der Waals surface area contributed by atoms with E-state index in [9.17, 15) is 9.59 Å². The molecule has 2 aliphatic rings. The molecule has 5 rings (SSSR count). The zero-order valence-electron chi connectivity index (χ0n) is 17.2. The van der Waals surface area contributed by atoms with Crippen molar-refractivity contribution in [2.24, 2.45) is 11.8 Å². The van der Waals surface area contributed by atoms with E-state index in [4.69, 9.17) is 27.9 Å². The summed E-state index contributed by atoms with van der Waals surface area (Å²) in [5.41, 5.74) is 1.81. The van der Waals surface area contributed by atoms with E-state index in [0.717, 1.165) is 12.8 Å². The Morgan fingerprint density at radius 3 is 2.25 bits per heavy atom. The Hall–Kier alpha value is -2.82. The van der Waals surface area contributed by atoms with Gasteiger partial charge in [-0.25, -0.2) is 0 Å². The second-order valence-electron chi connectivity index (χ2n) is 8.32. The Bertz CT molecular complexity index is 1160. The first-order valence-electron chi connectivity index (χ1n) is 10.7. The second-order valence-corrected chi connectivity index (χ2v) is 9.16. The van der Waals surface area contributed by atoms with E-state index >= 15 is 0 Å². The first-order chi connectivity index (χ1) is 15.5. The largest absolute Gasteiger partial charge is 0.456 e. The molecule has 0 bridgehead atoms. The molecule has 3 atom stereocenters. The van der Waals surface area contributed by atoms with Crippen molar-refractivity contribution in [3.8, 4) is 11.5 Å². The van der Waals surface area contributed by atoms with Gasteiger partial charge in [-0.15, -0.1) is 0 Å². The van der Waals surface area contributed by atoms with Gasteiger partial charge in [0.15, 0.2) is 0 Å². The maximum Gasteiger partial charge on any atom is 0.237 e. The van der Waals surface area contributed by atoms with Crippen molar-refractivity contribution in [3.63, 3.8) is 0 Å². The number of fused-ring (bicyclic) bond motifs is 1. The summed E-state index contributed by atoms with van der Waals surface area (Å²) in [6.07, 6.45) is 2.38. The van der Waals surface area contributed by atoms with E-state index < -0.39 is 0 Å². The summed E-state index contributed by atoms with van der Waals surface area (Å²) in [6.45, 7) is 0. The zero-order chi connectivity index (χ0) is 22.2. The van der Waals surface area contributed by atoms with E-state index in [1.165, 1.54) is 10.5 Å². The Morgan fingerprint density at radius 2 is 1.53 bits per heavy atom. The van der Waals surface area contributed by atoms with Gasteiger partial charge < -0.3 is 4.74 Å². The normalized spacial score (nSPS) is 22.7. The maximum absolute atomic E-state index is 13.2. The first kappa shape index (κ1) is 21.0. The van der Waals surface area contributed by atoms with Crippen LogP contribution in [-0.4, -0.2) is 11.8 Å². The fourth-order valence-corrected chi connectivity index (χ4v) is 5.26. The Labute approximate surface area is 196 Å². The highest BCUT2D eigenvalue weighted by Gasteiger charge is 2.50. The van der Waals surface area contributed by atoms with E-state index in [0.29, 0.717) is 39.6 Å². The van der Waals surface area contributed by atoms with Gasteiger partial charge in [0.1, 0.15) is 11.5 Å². The molecule has 0 N–H and O–H groups in total. The predicted molar refractivity (Wildman–Crippen MR) is 125 cm³/mol. The van der Waals surface area contributed by atoms with Crippen LogP contribution in [-0.2, 0) is 9.59 Å². The minimum atomic E-state index is -0.259. The third-order valence-corrected chi connectivity index (χ3v) is 6.94. The molecule has 0 radical (unpaired) electrons. The number of ether oxygens (including phenoxy) is 1. The van der Waals surface area contributed by atoms with Crippen LogP contribution in [0.1, 0.15) is 30.7 Å². The Balaban J connectivity index is 1.33. The highest BCUT2D eigenvalue weighted by molar-refractivity contribution is 6.35. The van der Waals surface area contributed by atoms with Crippen LogP contribution in [0.3, 0.4) is 0 Å². The Kier molecular flexibility index (Phi) is 5.66. The Morgan fingerprint density at radius 1 is 0.812 bits per heavy atom. The number of nitrogens with zero attached hydrogens (tertiary/aromatic N) is 1. The van der Waals surface area contributed by atoms with Crippen LogP contribution in [0.2, 0.25) is 10.0 Å². The van der Waals surface area contributed by atoms with Crippen LogP contribution in [0, 0.1) is 11.8 Å². The minimum Gasteiger partial charge on any atom is -0.456 e. The molecule has 3 aromatic carbocycles. The van der Waals surface area contributed by atoms with Gasteiger partial charge in [-0.05, 0) is 73.2 Å². The lowest BCUT2D eigenvalue weighted by atomic mass is 9.73. The van der Waals surface area contributed by atoms with Crippen LogP contribution < -0.4 is 9.64 Å². The van der Waals surface area contributed by atoms with Crippen LogP contribution in [0.5, 0.6) is 11.5 Å². The van der Waals surface area contributed by atoms with Crippen molar-refractivity contribution in [1.29, 1.82) is 0 Å². The summed E-state index contributed by atoms with van der Waals surface area (Å²) in [5, 5.41) is 0.934. The number of hydrogen-bond acceptors (Lipinski definition) is 3. The average Bonchev–Trinajstić information content (AvgIpc) is 3.06. The van der Waals surface area contributed by atoms with Gasteiger partial charge in [0.2, 0.25) is 11.8 Å². The van der Waals surface area contributed by atoms with Gasteiger partial charge in [0.05, 0.1) is 22.5 Å². The molecule has 0 spiro atoms. The average molecular weight is 466 g/mol. The summed E-state index contributed by atoms with van der Waals surface area (Å²) in [5.74, 6) is 0.662. The van der Waals surface area contributed by atoms with Crippen molar-refractivity contribution >= 4 is 40.7 Å². The van der Waals surface area contributed by atoms with Crippen molar-refractivity contribution < 1.29 is 14.3 Å². The molecule has 1 saturated heterocycles. The molecule has 1 aliphatic carbocycles. The van der Waals surface area contributed by atoms with Gasteiger partial charge in [0, 0.05) is 5.02 Å². The van der Waals surface area contributed by atoms with E-state index in [2.05, 4.69) is 12.1 Å². The molecule has 6 heteroatoms. The molecule has 2 fully saturated rings. The van der Waals surface area contributed by atoms with Gasteiger partial charge in [0.25, 0.3) is 0 Å². The topological polar surface area (TPSA) is 46.6 Å². The molecule has 2 amide bonds. The van der Waals surface area contributed by atoms with Gasteiger partial charge in [-0.2, -0.15) is 0 Å². The van der Waals surface area contributed by atoms with E-state index in [1.54, 1.807) is 42.5 Å². The quantitative estimate of drug-likeness (QED) is 0.395. The molecule has 162 valence electrons. The minimum absolute atomic E-state index is 0.0964. The number of carbonyl (C=O) groups is 2. The molecule has 0 aromatic heterocycles. The van der Waals surface area contributed by atoms with Crippen molar-refractivity contribution in [2.45, 2.75) is 25.2 Å². The smallest absolute Gasteiger partial charge is 0.237 e. The van der Waals surface area contributed by atoms with Gasteiger partial charge >= 0.3 is 0 Å². The van der Waals surface area contributed by atoms with Gasteiger partial charge in [-0.1, -0.05) is 53.5 Å². The lowest BCUT2D eigenvalue weighted by Crippen LogP contribution is -2.30. The number of rotatable bonds is 4. The summed E-state index contributed by atoms with van der Waals surface area (Å²) < 4.78 is 5.81. The number of imide groups is 1. The second kappa shape index (κ2) is 8.61. The van der Waals surface area contributed by atoms with Crippen molar-refractivity contribution in [1.82, 2.24) is 0 Å². The number of carbonyl (C=O) groups excluding carboxylic acids is 2. The number of hydrogen-bond donors (Lipinski definition) is 0. The summed E-state index contributed by atoms with van der Waals surface area (Å²) in [6, 6.07) is 22.2. The number of amides is 2. The third kappa shape index (κ3) is 3.89. The van der Waals surface area contributed by atoms with Gasteiger partial charge in [-0.3, -0.25) is 14.5 Å². The number of benzene rings is 3. The van der Waals surface area contributed by atoms with Crippen LogP contribution >= 0.6 is 23.2 Å². The van der Waals surface area contributed by atoms with E-state index in [1.807, 2.05) is 18.2 Å². The lowest BCUT2D eigenvalue weighted by Gasteiger charge is -2.28. The molecule has 1 aliphatic heterocycles. The molecule has 4 nitrogen and oxygen atoms in total. The predicted octanol–water partition coefficient (Wildman–Crippen LogP) is 6.86. The number of anilines is 1. The van der Waals surface area contributed by atoms with Crippen molar-refractivity contribution in [2.75, 3.05) is 4.90 Å². The fourth-order valence-electron chi connectivity index (χ4n) is 4.81. The maximum atomic E-state index is 13.2. The number of halogens is 2. The first-order valence-corrected chi connectivity index (χ1v) is 11.4. The molecule has 3 aromatic rings. The van der Waals surface area contributed by atoms with Crippen molar-refractivity contribution in [3.05, 3.63) is 88.4 Å². The highest BCUT2D eigenvalue weighted by Crippen LogP contribution is 2.45. The molecule has 32 heavy (non-hydrogen) atoms. The highest BCUT2D eigenvalue weighted by atomic mass is 35.5. The standard InChI is InChI=1S/C26H21Cl2NO3/c27-18-7-13-24(23(28)15-18)32-20-10-8-19(9-11-20)29-25(30)21-12-6-17(14-22(21)26(29)31)16-4-2-1-3-5-16/h1-5,7-11,13,15,17,21-22H,6,12,14H2/t17-,21-,22+/m1/s1. The van der Waals surface area contributed by atoms with E-state index in [-0.39, 0.29) is 23.7 Å². The van der Waals surface area contributed by atoms with Crippen LogP contribution in [0.25, 0.3) is 0 Å². The zero-order valence-corrected chi connectivity index (χ0v) is 18.7. The van der Waals surface area contributed by atoms with Crippen LogP contribution in [0.15, 0.2) is 72.8 Å². The summed E-state index contributed by atoms with van der Waals surface area (Å²) >= 11 is 12.1. The molecule has 1 heterocycles. The third-order valence-electron chi connectivity index (χ3n) is 6.41. The SMILES string of the molecule is O=C1[C@H]2C[C@H](c3ccccc3)CC[C@H]2C(=O)N1c1ccc(Oc2ccc(Cl)cc2Cl)cc1. The monoisotopic (exact) mass is 465 g/mol. The molecular weight excluding hydrogens is 445 g/mol. The molecular formula is C26H21Cl2NO3.